The molecular formula is C17H23NO. The van der Waals surface area contributed by atoms with Crippen LogP contribution in [0.2, 0.25) is 0 Å². The highest BCUT2D eigenvalue weighted by Gasteiger charge is 2.51. The van der Waals surface area contributed by atoms with Gasteiger partial charge in [-0.2, -0.15) is 0 Å². The molecular weight excluding hydrogens is 234 g/mol. The van der Waals surface area contributed by atoms with Crippen LogP contribution in [0.5, 0.6) is 0 Å². The van der Waals surface area contributed by atoms with Crippen molar-refractivity contribution in [2.45, 2.75) is 50.5 Å². The van der Waals surface area contributed by atoms with E-state index >= 15 is 0 Å². The van der Waals surface area contributed by atoms with Crippen LogP contribution in [0.3, 0.4) is 0 Å². The molecule has 1 saturated heterocycles. The number of hydrogen-bond acceptors (Lipinski definition) is 2. The molecule has 3 rings (SSSR count). The van der Waals surface area contributed by atoms with Crippen LogP contribution in [0.15, 0.2) is 24.3 Å². The van der Waals surface area contributed by atoms with Crippen molar-refractivity contribution >= 4 is 6.29 Å². The van der Waals surface area contributed by atoms with Gasteiger partial charge >= 0.3 is 0 Å². The van der Waals surface area contributed by atoms with Crippen LogP contribution in [0.1, 0.15) is 60.9 Å². The number of benzene rings is 1. The van der Waals surface area contributed by atoms with Gasteiger partial charge in [-0.3, -0.25) is 9.69 Å². The lowest BCUT2D eigenvalue weighted by Gasteiger charge is -2.24. The average Bonchev–Trinajstić information content (AvgIpc) is 3.11. The zero-order valence-corrected chi connectivity index (χ0v) is 11.8. The van der Waals surface area contributed by atoms with Crippen LogP contribution >= 0.6 is 0 Å². The summed E-state index contributed by atoms with van der Waals surface area (Å²) < 4.78 is 0. The first-order valence-corrected chi connectivity index (χ1v) is 7.54. The molecule has 1 spiro atoms. The predicted octanol–water partition coefficient (Wildman–Crippen LogP) is 3.62. The van der Waals surface area contributed by atoms with Gasteiger partial charge in [0.15, 0.2) is 0 Å². The number of aldehydes is 1. The highest BCUT2D eigenvalue weighted by molar-refractivity contribution is 5.74. The number of rotatable bonds is 4. The molecule has 2 heteroatoms. The van der Waals surface area contributed by atoms with Gasteiger partial charge in [0.05, 0.1) is 0 Å². The Kier molecular flexibility index (Phi) is 3.44. The van der Waals surface area contributed by atoms with Crippen molar-refractivity contribution in [3.05, 3.63) is 35.4 Å². The zero-order chi connectivity index (χ0) is 13.3. The maximum atomic E-state index is 10.7. The van der Waals surface area contributed by atoms with E-state index in [1.54, 1.807) is 0 Å². The Morgan fingerprint density at radius 2 is 1.89 bits per heavy atom. The third-order valence-electron chi connectivity index (χ3n) is 4.97. The van der Waals surface area contributed by atoms with Crippen molar-refractivity contribution in [2.24, 2.45) is 0 Å². The van der Waals surface area contributed by atoms with Crippen molar-refractivity contribution in [2.75, 3.05) is 13.1 Å². The molecule has 0 N–H and O–H groups in total. The van der Waals surface area contributed by atoms with Crippen LogP contribution in [0.25, 0.3) is 0 Å². The fourth-order valence-electron chi connectivity index (χ4n) is 3.60. The third-order valence-corrected chi connectivity index (χ3v) is 4.97. The molecule has 2 fully saturated rings. The Hall–Kier alpha value is -1.15. The normalized spacial score (nSPS) is 26.1. The summed E-state index contributed by atoms with van der Waals surface area (Å²) in [6, 6.07) is 8.06. The maximum Gasteiger partial charge on any atom is 0.150 e. The minimum atomic E-state index is 0.557. The number of nitrogens with zero attached hydrogens (tertiary/aromatic N) is 1. The van der Waals surface area contributed by atoms with Gasteiger partial charge in [-0.1, -0.05) is 50.5 Å². The van der Waals surface area contributed by atoms with E-state index in [0.29, 0.717) is 11.5 Å². The molecule has 1 aromatic carbocycles. The molecule has 19 heavy (non-hydrogen) atoms. The fraction of sp³-hybridized carbons (Fsp3) is 0.588. The van der Waals surface area contributed by atoms with Crippen molar-refractivity contribution in [1.29, 1.82) is 0 Å². The number of hydrogen-bond donors (Lipinski definition) is 0. The van der Waals surface area contributed by atoms with Crippen LogP contribution in [-0.2, 0) is 0 Å². The van der Waals surface area contributed by atoms with Gasteiger partial charge in [-0.25, -0.2) is 0 Å². The van der Waals surface area contributed by atoms with E-state index in [0.717, 1.165) is 11.8 Å². The molecule has 1 unspecified atom stereocenters. The molecule has 2 aliphatic rings. The van der Waals surface area contributed by atoms with E-state index < -0.39 is 0 Å². The van der Waals surface area contributed by atoms with Gasteiger partial charge in [0, 0.05) is 24.2 Å². The van der Waals surface area contributed by atoms with Gasteiger partial charge in [-0.15, -0.1) is 0 Å². The second-order valence-corrected chi connectivity index (χ2v) is 6.35. The first-order valence-electron chi connectivity index (χ1n) is 7.54. The molecule has 0 bridgehead atoms. The second-order valence-electron chi connectivity index (χ2n) is 6.35. The van der Waals surface area contributed by atoms with E-state index in [1.807, 2.05) is 12.1 Å². The minimum absolute atomic E-state index is 0.557. The third kappa shape index (κ3) is 2.59. The largest absolute Gasteiger partial charge is 0.298 e. The standard InChI is InChI=1S/C17H23NO/c1-14(16-7-5-15(12-19)6-8-16)11-18-13-17(18)9-3-2-4-10-17/h5-8,12,14H,2-4,9-11,13H2,1H3/t14-,18?/m0/s1. The summed E-state index contributed by atoms with van der Waals surface area (Å²) in [6.07, 6.45) is 7.99. The first kappa shape index (κ1) is 12.9. The molecule has 2 atom stereocenters. The molecule has 2 nitrogen and oxygen atoms in total. The quantitative estimate of drug-likeness (QED) is 0.606. The smallest absolute Gasteiger partial charge is 0.150 e. The van der Waals surface area contributed by atoms with E-state index in [2.05, 4.69) is 24.0 Å². The Labute approximate surface area is 115 Å². The Bertz CT molecular complexity index is 445. The van der Waals surface area contributed by atoms with E-state index in [-0.39, 0.29) is 0 Å². The molecule has 1 aliphatic carbocycles. The number of carbonyl (C=O) groups is 1. The van der Waals surface area contributed by atoms with Crippen LogP contribution in [0, 0.1) is 0 Å². The van der Waals surface area contributed by atoms with Crippen LogP contribution in [0.4, 0.5) is 0 Å². The molecule has 1 heterocycles. The lowest BCUT2D eigenvalue weighted by molar-refractivity contribution is 0.112. The molecule has 1 aliphatic heterocycles. The molecule has 0 radical (unpaired) electrons. The van der Waals surface area contributed by atoms with Crippen molar-refractivity contribution < 1.29 is 4.79 Å². The predicted molar refractivity (Wildman–Crippen MR) is 77.6 cm³/mol. The molecule has 1 aromatic rings. The lowest BCUT2D eigenvalue weighted by Crippen LogP contribution is -2.24. The van der Waals surface area contributed by atoms with Crippen molar-refractivity contribution in [3.8, 4) is 0 Å². The summed E-state index contributed by atoms with van der Waals surface area (Å²) in [5.74, 6) is 0.557. The number of carbonyl (C=O) groups excluding carboxylic acids is 1. The zero-order valence-electron chi connectivity index (χ0n) is 11.8. The summed E-state index contributed by atoms with van der Waals surface area (Å²) in [5.41, 5.74) is 2.70. The Morgan fingerprint density at radius 3 is 2.53 bits per heavy atom. The molecule has 0 aromatic heterocycles. The van der Waals surface area contributed by atoms with Gasteiger partial charge in [0.2, 0.25) is 0 Å². The molecule has 0 amide bonds. The highest BCUT2D eigenvalue weighted by atomic mass is 16.1. The van der Waals surface area contributed by atoms with Crippen molar-refractivity contribution in [3.63, 3.8) is 0 Å². The minimum Gasteiger partial charge on any atom is -0.298 e. The summed E-state index contributed by atoms with van der Waals surface area (Å²) in [7, 11) is 0. The van der Waals surface area contributed by atoms with Crippen molar-refractivity contribution in [1.82, 2.24) is 4.90 Å². The summed E-state index contributed by atoms with van der Waals surface area (Å²) in [4.78, 5) is 13.3. The lowest BCUT2D eigenvalue weighted by atomic mass is 9.88. The Balaban J connectivity index is 1.59. The molecule has 102 valence electrons. The summed E-state index contributed by atoms with van der Waals surface area (Å²) in [5, 5.41) is 0. The van der Waals surface area contributed by atoms with Gasteiger partial charge < -0.3 is 0 Å². The van der Waals surface area contributed by atoms with Gasteiger partial charge in [-0.05, 0) is 24.3 Å². The van der Waals surface area contributed by atoms with Gasteiger partial charge in [0.25, 0.3) is 0 Å². The van der Waals surface area contributed by atoms with E-state index in [9.17, 15) is 4.79 Å². The van der Waals surface area contributed by atoms with E-state index in [1.165, 1.54) is 50.8 Å². The fourth-order valence-corrected chi connectivity index (χ4v) is 3.60. The van der Waals surface area contributed by atoms with Crippen LogP contribution in [-0.4, -0.2) is 29.8 Å². The second kappa shape index (κ2) is 5.09. The first-order chi connectivity index (χ1) is 9.23. The Morgan fingerprint density at radius 1 is 1.21 bits per heavy atom. The summed E-state index contributed by atoms with van der Waals surface area (Å²) in [6.45, 7) is 4.77. The average molecular weight is 257 g/mol. The molecule has 1 saturated carbocycles. The highest BCUT2D eigenvalue weighted by Crippen LogP contribution is 2.45. The maximum absolute atomic E-state index is 10.7. The van der Waals surface area contributed by atoms with Gasteiger partial charge in [0.1, 0.15) is 6.29 Å². The SMILES string of the molecule is C[C@@H](CN1CC12CCCCC2)c1ccc(C=O)cc1. The van der Waals surface area contributed by atoms with Crippen LogP contribution < -0.4 is 0 Å². The summed E-state index contributed by atoms with van der Waals surface area (Å²) >= 11 is 0. The van der Waals surface area contributed by atoms with E-state index in [4.69, 9.17) is 0 Å². The topological polar surface area (TPSA) is 20.1 Å². The monoisotopic (exact) mass is 257 g/mol.